The predicted molar refractivity (Wildman–Crippen MR) is 226 cm³/mol. The van der Waals surface area contributed by atoms with Gasteiger partial charge in [-0.3, -0.25) is 18.6 Å². The predicted octanol–water partition coefficient (Wildman–Crippen LogP) is 8.00. The van der Waals surface area contributed by atoms with Gasteiger partial charge in [-0.2, -0.15) is 0 Å². The van der Waals surface area contributed by atoms with Crippen LogP contribution in [0.4, 0.5) is 0 Å². The number of esters is 2. The molecule has 0 radical (unpaired) electrons. The molecule has 13 nitrogen and oxygen atoms in total. The molecule has 1 rings (SSSR count). The first-order valence-corrected chi connectivity index (χ1v) is 23.4. The van der Waals surface area contributed by atoms with Gasteiger partial charge in [0.25, 0.3) is 0 Å². The highest BCUT2D eigenvalue weighted by molar-refractivity contribution is 7.47. The van der Waals surface area contributed by atoms with E-state index in [9.17, 15) is 44.6 Å². The average Bonchev–Trinajstić information content (AvgIpc) is 3.20. The largest absolute Gasteiger partial charge is 0.472 e. The molecule has 0 aliphatic heterocycles. The van der Waals surface area contributed by atoms with Gasteiger partial charge >= 0.3 is 19.8 Å². The van der Waals surface area contributed by atoms with Crippen molar-refractivity contribution in [2.75, 3.05) is 13.2 Å². The van der Waals surface area contributed by atoms with Gasteiger partial charge in [-0.15, -0.1) is 0 Å². The Morgan fingerprint density at radius 2 is 0.948 bits per heavy atom. The van der Waals surface area contributed by atoms with E-state index in [1.165, 1.54) is 51.4 Å². The summed E-state index contributed by atoms with van der Waals surface area (Å²) in [6.07, 6.45) is 26.0. The summed E-state index contributed by atoms with van der Waals surface area (Å²) >= 11 is 0. The van der Waals surface area contributed by atoms with Crippen LogP contribution in [0.15, 0.2) is 48.6 Å². The Kier molecular flexibility index (Phi) is 32.0. The van der Waals surface area contributed by atoms with Gasteiger partial charge in [-0.25, -0.2) is 4.57 Å². The lowest BCUT2D eigenvalue weighted by molar-refractivity contribution is -0.220. The summed E-state index contributed by atoms with van der Waals surface area (Å²) in [4.78, 5) is 35.6. The van der Waals surface area contributed by atoms with E-state index in [1.54, 1.807) is 0 Å². The summed E-state index contributed by atoms with van der Waals surface area (Å²) in [6.45, 7) is 3.19. The summed E-state index contributed by atoms with van der Waals surface area (Å²) in [5, 5.41) is 50.1. The van der Waals surface area contributed by atoms with Crippen molar-refractivity contribution in [3.05, 3.63) is 48.6 Å². The van der Waals surface area contributed by atoms with E-state index >= 15 is 0 Å². The molecule has 0 heterocycles. The number of ether oxygens (including phenoxy) is 2. The summed E-state index contributed by atoms with van der Waals surface area (Å²) in [7, 11) is -5.13. The number of carbonyl (C=O) groups is 2. The molecule has 0 spiro atoms. The maximum atomic E-state index is 12.8. The van der Waals surface area contributed by atoms with Crippen molar-refractivity contribution in [3.8, 4) is 0 Å². The zero-order valence-corrected chi connectivity index (χ0v) is 36.2. The molecule has 1 fully saturated rings. The minimum absolute atomic E-state index is 0.0498. The van der Waals surface area contributed by atoms with Crippen molar-refractivity contribution in [1.82, 2.24) is 0 Å². The molecular formula is C44H77O13P. The van der Waals surface area contributed by atoms with Crippen molar-refractivity contribution in [3.63, 3.8) is 0 Å². The van der Waals surface area contributed by atoms with Crippen LogP contribution < -0.4 is 0 Å². The first-order valence-electron chi connectivity index (χ1n) is 21.9. The smallest absolute Gasteiger partial charge is 0.462 e. The van der Waals surface area contributed by atoms with E-state index in [-0.39, 0.29) is 12.8 Å². The molecule has 0 amide bonds. The molecule has 1 aliphatic carbocycles. The highest BCUT2D eigenvalue weighted by Crippen LogP contribution is 2.47. The molecule has 14 heteroatoms. The van der Waals surface area contributed by atoms with Crippen LogP contribution in [0.1, 0.15) is 162 Å². The number of rotatable bonds is 35. The van der Waals surface area contributed by atoms with Crippen molar-refractivity contribution in [2.45, 2.75) is 204 Å². The van der Waals surface area contributed by atoms with E-state index in [1.807, 2.05) is 0 Å². The number of allylic oxidation sites excluding steroid dienone is 8. The monoisotopic (exact) mass is 845 g/mol. The van der Waals surface area contributed by atoms with Crippen molar-refractivity contribution in [1.29, 1.82) is 0 Å². The van der Waals surface area contributed by atoms with Gasteiger partial charge in [0.05, 0.1) is 6.61 Å². The fourth-order valence-corrected chi connectivity index (χ4v) is 7.25. The number of phosphoric acid groups is 1. The SMILES string of the molecule is CCCC/C=C/C/C=C/CCCCCCCC(=O)OC[C@H](COP(=O)(O)OC1C(O)C(O)C(O)[C@H](O)C1O)OC(=O)CCCC/C=C/C/C=C/CCCCCCCC. The van der Waals surface area contributed by atoms with Gasteiger partial charge in [-0.1, -0.05) is 127 Å². The number of aliphatic hydroxyl groups is 5. The lowest BCUT2D eigenvalue weighted by Gasteiger charge is -2.41. The van der Waals surface area contributed by atoms with Gasteiger partial charge in [-0.05, 0) is 70.6 Å². The standard InChI is InChI=1S/C44H77O13P/c1-3-5-7-9-11-13-15-17-19-21-23-25-27-29-31-33-38(46)56-36(35-55-58(52,53)57-44-42(50)40(48)39(47)41(49)43(44)51)34-54-37(45)32-30-28-26-24-22-20-18-16-14-12-10-8-6-4-2/h10,12,16-19,23,25,36,39-44,47-51H,3-9,11,13-15,20-22,24,26-35H2,1-2H3,(H,52,53)/b12-10+,18-16+,19-17+,25-23+/t36-,39?,40+,41?,42?,43?,44?/m1/s1. The second-order valence-corrected chi connectivity index (χ2v) is 16.6. The summed E-state index contributed by atoms with van der Waals surface area (Å²) in [5.41, 5.74) is 0. The molecule has 58 heavy (non-hydrogen) atoms. The van der Waals surface area contributed by atoms with E-state index in [2.05, 4.69) is 62.5 Å². The zero-order chi connectivity index (χ0) is 42.9. The van der Waals surface area contributed by atoms with Crippen molar-refractivity contribution >= 4 is 19.8 Å². The molecule has 6 unspecified atom stereocenters. The quantitative estimate of drug-likeness (QED) is 0.0155. The van der Waals surface area contributed by atoms with Crippen molar-refractivity contribution in [2.24, 2.45) is 0 Å². The average molecular weight is 845 g/mol. The maximum Gasteiger partial charge on any atom is 0.472 e. The molecule has 0 bridgehead atoms. The summed E-state index contributed by atoms with van der Waals surface area (Å²) in [5.74, 6) is -1.16. The minimum Gasteiger partial charge on any atom is -0.462 e. The minimum atomic E-state index is -5.13. The van der Waals surface area contributed by atoms with E-state index in [0.717, 1.165) is 70.6 Å². The third kappa shape index (κ3) is 26.8. The van der Waals surface area contributed by atoms with E-state index in [0.29, 0.717) is 12.8 Å². The molecular weight excluding hydrogens is 767 g/mol. The van der Waals surface area contributed by atoms with Crippen molar-refractivity contribution < 1.29 is 63.1 Å². The molecule has 0 aromatic heterocycles. The second-order valence-electron chi connectivity index (χ2n) is 15.2. The Morgan fingerprint density at radius 1 is 0.534 bits per heavy atom. The molecule has 8 atom stereocenters. The zero-order valence-electron chi connectivity index (χ0n) is 35.3. The third-order valence-electron chi connectivity index (χ3n) is 9.89. The van der Waals surface area contributed by atoms with Crippen LogP contribution in [0.5, 0.6) is 0 Å². The lowest BCUT2D eigenvalue weighted by Crippen LogP contribution is -2.64. The number of aliphatic hydroxyl groups excluding tert-OH is 5. The molecule has 0 aromatic carbocycles. The number of carbonyl (C=O) groups excluding carboxylic acids is 2. The lowest BCUT2D eigenvalue weighted by atomic mass is 9.85. The molecule has 6 N–H and O–H groups in total. The molecule has 1 aliphatic rings. The summed E-state index contributed by atoms with van der Waals surface area (Å²) < 4.78 is 33.4. The number of unbranched alkanes of at least 4 members (excludes halogenated alkanes) is 15. The van der Waals surface area contributed by atoms with Crippen LogP contribution in [0.2, 0.25) is 0 Å². The number of phosphoric ester groups is 1. The second kappa shape index (κ2) is 34.5. The fraction of sp³-hybridized carbons (Fsp3) is 0.773. The van der Waals surface area contributed by atoms with Crippen LogP contribution in [-0.4, -0.2) is 98.3 Å². The topological polar surface area (TPSA) is 210 Å². The highest BCUT2D eigenvalue weighted by Gasteiger charge is 2.51. The Bertz CT molecular complexity index is 1210. The van der Waals surface area contributed by atoms with Gasteiger partial charge in [0.15, 0.2) is 6.10 Å². The van der Waals surface area contributed by atoms with E-state index < -0.39 is 75.7 Å². The Hall–Kier alpha value is -2.19. The number of hydrogen-bond donors (Lipinski definition) is 6. The molecule has 0 saturated heterocycles. The first kappa shape index (κ1) is 53.8. The van der Waals surface area contributed by atoms with E-state index in [4.69, 9.17) is 18.5 Å². The van der Waals surface area contributed by atoms with Gasteiger partial charge in [0.1, 0.15) is 43.2 Å². The van der Waals surface area contributed by atoms with Gasteiger partial charge in [0.2, 0.25) is 0 Å². The highest BCUT2D eigenvalue weighted by atomic mass is 31.2. The molecule has 1 saturated carbocycles. The Balaban J connectivity index is 2.53. The van der Waals surface area contributed by atoms with Gasteiger partial charge in [0, 0.05) is 12.8 Å². The maximum absolute atomic E-state index is 12.8. The van der Waals surface area contributed by atoms with Crippen LogP contribution in [0, 0.1) is 0 Å². The first-order chi connectivity index (χ1) is 27.9. The molecule has 336 valence electrons. The van der Waals surface area contributed by atoms with Crippen LogP contribution in [0.25, 0.3) is 0 Å². The fourth-order valence-electron chi connectivity index (χ4n) is 6.27. The Morgan fingerprint density at radius 3 is 1.48 bits per heavy atom. The van der Waals surface area contributed by atoms with Crippen LogP contribution >= 0.6 is 7.82 Å². The summed E-state index contributed by atoms with van der Waals surface area (Å²) in [6, 6.07) is 0. The van der Waals surface area contributed by atoms with Gasteiger partial charge < -0.3 is 39.9 Å². The normalized spacial score (nSPS) is 23.0. The van der Waals surface area contributed by atoms with Crippen LogP contribution in [0.3, 0.4) is 0 Å². The Labute approximate surface area is 348 Å². The molecule has 0 aromatic rings. The third-order valence-corrected chi connectivity index (χ3v) is 10.9. The van der Waals surface area contributed by atoms with Crippen LogP contribution in [-0.2, 0) is 32.7 Å². The number of hydrogen-bond acceptors (Lipinski definition) is 12.